The van der Waals surface area contributed by atoms with Crippen molar-refractivity contribution in [1.82, 2.24) is 5.43 Å². The van der Waals surface area contributed by atoms with Gasteiger partial charge in [-0.05, 0) is 24.1 Å². The summed E-state index contributed by atoms with van der Waals surface area (Å²) in [5.74, 6) is -0.0120. The highest BCUT2D eigenvalue weighted by molar-refractivity contribution is 9.10. The molecule has 21 heavy (non-hydrogen) atoms. The highest BCUT2D eigenvalue weighted by Gasteiger charge is 2.04. The van der Waals surface area contributed by atoms with E-state index in [1.165, 1.54) is 19.3 Å². The molecule has 0 unspecified atom stereocenters. The number of hydrazone groups is 1. The number of benzene rings is 1. The first kappa shape index (κ1) is 18.4. The minimum absolute atomic E-state index is 0.0120. The lowest BCUT2D eigenvalue weighted by atomic mass is 10.1. The monoisotopic (exact) mass is 416 g/mol. The van der Waals surface area contributed by atoms with Crippen LogP contribution in [0.2, 0.25) is 0 Å². The van der Waals surface area contributed by atoms with E-state index in [1.807, 2.05) is 24.3 Å². The molecule has 0 spiro atoms. The highest BCUT2D eigenvalue weighted by Crippen LogP contribution is 2.12. The second-order valence-corrected chi connectivity index (χ2v) is 6.37. The zero-order chi connectivity index (χ0) is 15.5. The fourth-order valence-electron chi connectivity index (χ4n) is 1.89. The molecule has 0 aliphatic carbocycles. The summed E-state index contributed by atoms with van der Waals surface area (Å²) >= 11 is 6.81. The topological polar surface area (TPSA) is 41.5 Å². The molecule has 0 fully saturated rings. The van der Waals surface area contributed by atoms with Gasteiger partial charge in [0.25, 0.3) is 0 Å². The number of carbonyl (C=O) groups is 1. The zero-order valence-corrected chi connectivity index (χ0v) is 15.5. The summed E-state index contributed by atoms with van der Waals surface area (Å²) in [6, 6.07) is 7.87. The fraction of sp³-hybridized carbons (Fsp3) is 0.500. The minimum atomic E-state index is -0.0120. The van der Waals surface area contributed by atoms with Crippen LogP contribution in [0, 0.1) is 0 Å². The Hall–Kier alpha value is -0.680. The van der Waals surface area contributed by atoms with Crippen LogP contribution in [0.3, 0.4) is 0 Å². The average Bonchev–Trinajstić information content (AvgIpc) is 2.49. The molecule has 116 valence electrons. The zero-order valence-electron chi connectivity index (χ0n) is 12.4. The predicted octanol–water partition coefficient (Wildman–Crippen LogP) is 5.02. The van der Waals surface area contributed by atoms with Crippen LogP contribution in [0.4, 0.5) is 0 Å². The van der Waals surface area contributed by atoms with E-state index in [4.69, 9.17) is 0 Å². The van der Waals surface area contributed by atoms with Crippen LogP contribution in [0.5, 0.6) is 0 Å². The van der Waals surface area contributed by atoms with Gasteiger partial charge in [0, 0.05) is 16.2 Å². The Morgan fingerprint density at radius 1 is 1.14 bits per heavy atom. The summed E-state index contributed by atoms with van der Waals surface area (Å²) in [4.78, 5) is 11.7. The number of hydrogen-bond donors (Lipinski definition) is 1. The predicted molar refractivity (Wildman–Crippen MR) is 96.0 cm³/mol. The van der Waals surface area contributed by atoms with Crippen molar-refractivity contribution in [2.45, 2.75) is 45.4 Å². The normalized spacial score (nSPS) is 11.5. The number of nitrogens with zero attached hydrogens (tertiary/aromatic N) is 1. The lowest BCUT2D eigenvalue weighted by Crippen LogP contribution is -2.20. The maximum absolute atomic E-state index is 11.7. The first-order chi connectivity index (χ1) is 10.2. The molecule has 0 aliphatic heterocycles. The number of amides is 1. The molecule has 0 radical (unpaired) electrons. The first-order valence-electron chi connectivity index (χ1n) is 7.34. The van der Waals surface area contributed by atoms with Crippen molar-refractivity contribution >= 4 is 43.5 Å². The van der Waals surface area contributed by atoms with E-state index in [1.54, 1.807) is 0 Å². The van der Waals surface area contributed by atoms with Gasteiger partial charge < -0.3 is 0 Å². The summed E-state index contributed by atoms with van der Waals surface area (Å²) in [5, 5.41) is 4.81. The standard InChI is InChI=1S/C16H22Br2N2O/c1-2-3-4-5-6-7-16(21)20-19-15(12-17)13-8-10-14(18)11-9-13/h8-11H,2-7,12H2,1H3,(H,20,21)/b19-15-. The average molecular weight is 418 g/mol. The van der Waals surface area contributed by atoms with Gasteiger partial charge in [-0.1, -0.05) is 76.6 Å². The third-order valence-corrected chi connectivity index (χ3v) is 4.19. The van der Waals surface area contributed by atoms with E-state index in [0.29, 0.717) is 11.8 Å². The molecule has 3 nitrogen and oxygen atoms in total. The van der Waals surface area contributed by atoms with Gasteiger partial charge >= 0.3 is 0 Å². The van der Waals surface area contributed by atoms with Crippen LogP contribution in [0.25, 0.3) is 0 Å². The molecule has 1 aromatic carbocycles. The Bertz CT molecular complexity index is 458. The van der Waals surface area contributed by atoms with Crippen LogP contribution in [0.1, 0.15) is 51.0 Å². The van der Waals surface area contributed by atoms with Crippen molar-refractivity contribution in [2.24, 2.45) is 5.10 Å². The van der Waals surface area contributed by atoms with Crippen LogP contribution in [-0.4, -0.2) is 16.9 Å². The SMILES string of the molecule is CCCCCCCC(=O)N/N=C(/CBr)c1ccc(Br)cc1. The maximum Gasteiger partial charge on any atom is 0.240 e. The lowest BCUT2D eigenvalue weighted by molar-refractivity contribution is -0.121. The van der Waals surface area contributed by atoms with Crippen molar-refractivity contribution in [2.75, 3.05) is 5.33 Å². The third-order valence-electron chi connectivity index (χ3n) is 3.13. The van der Waals surface area contributed by atoms with Gasteiger partial charge in [-0.15, -0.1) is 0 Å². The van der Waals surface area contributed by atoms with Gasteiger partial charge in [-0.3, -0.25) is 4.79 Å². The molecule has 0 aliphatic rings. The van der Waals surface area contributed by atoms with E-state index in [2.05, 4.69) is 49.3 Å². The largest absolute Gasteiger partial charge is 0.273 e. The molecule has 0 aromatic heterocycles. The van der Waals surface area contributed by atoms with Crippen molar-refractivity contribution in [1.29, 1.82) is 0 Å². The summed E-state index contributed by atoms with van der Waals surface area (Å²) < 4.78 is 1.02. The molecular formula is C16H22Br2N2O. The second kappa shape index (κ2) is 11.0. The second-order valence-electron chi connectivity index (χ2n) is 4.90. The number of unbranched alkanes of at least 4 members (excludes halogenated alkanes) is 4. The van der Waals surface area contributed by atoms with Gasteiger partial charge in [-0.25, -0.2) is 5.43 Å². The molecule has 0 heterocycles. The Balaban J connectivity index is 2.41. The number of hydrogen-bond acceptors (Lipinski definition) is 2. The number of nitrogens with one attached hydrogen (secondary N) is 1. The van der Waals surface area contributed by atoms with E-state index >= 15 is 0 Å². The molecule has 1 N–H and O–H groups in total. The van der Waals surface area contributed by atoms with Crippen LogP contribution >= 0.6 is 31.9 Å². The van der Waals surface area contributed by atoms with Gasteiger partial charge in [0.15, 0.2) is 0 Å². The third kappa shape index (κ3) is 7.77. The molecule has 0 atom stereocenters. The summed E-state index contributed by atoms with van der Waals surface area (Å²) in [5.41, 5.74) is 4.46. The lowest BCUT2D eigenvalue weighted by Gasteiger charge is -2.05. The van der Waals surface area contributed by atoms with Crippen molar-refractivity contribution in [3.05, 3.63) is 34.3 Å². The molecule has 0 saturated heterocycles. The number of halogens is 2. The molecule has 5 heteroatoms. The van der Waals surface area contributed by atoms with Crippen molar-refractivity contribution in [3.63, 3.8) is 0 Å². The van der Waals surface area contributed by atoms with Crippen molar-refractivity contribution in [3.8, 4) is 0 Å². The van der Waals surface area contributed by atoms with Gasteiger partial charge in [0.1, 0.15) is 0 Å². The maximum atomic E-state index is 11.7. The Labute approximate surface area is 143 Å². The summed E-state index contributed by atoms with van der Waals surface area (Å²) in [6.07, 6.45) is 6.27. The van der Waals surface area contributed by atoms with Crippen molar-refractivity contribution < 1.29 is 4.79 Å². The Morgan fingerprint density at radius 3 is 2.43 bits per heavy atom. The smallest absolute Gasteiger partial charge is 0.240 e. The summed E-state index contributed by atoms with van der Waals surface area (Å²) in [7, 11) is 0. The number of carbonyl (C=O) groups excluding carboxylic acids is 1. The van der Waals surface area contributed by atoms with Crippen LogP contribution in [0.15, 0.2) is 33.8 Å². The minimum Gasteiger partial charge on any atom is -0.273 e. The van der Waals surface area contributed by atoms with E-state index in [0.717, 1.165) is 28.6 Å². The van der Waals surface area contributed by atoms with Gasteiger partial charge in [0.05, 0.1) is 5.71 Å². The number of alkyl halides is 1. The van der Waals surface area contributed by atoms with Crippen LogP contribution in [-0.2, 0) is 4.79 Å². The van der Waals surface area contributed by atoms with Gasteiger partial charge in [0.2, 0.25) is 5.91 Å². The van der Waals surface area contributed by atoms with E-state index < -0.39 is 0 Å². The summed E-state index contributed by atoms with van der Waals surface area (Å²) in [6.45, 7) is 2.19. The molecule has 0 saturated carbocycles. The van der Waals surface area contributed by atoms with Gasteiger partial charge in [-0.2, -0.15) is 5.10 Å². The Morgan fingerprint density at radius 2 is 1.81 bits per heavy atom. The van der Waals surface area contributed by atoms with E-state index in [9.17, 15) is 4.79 Å². The molecule has 0 bridgehead atoms. The van der Waals surface area contributed by atoms with Crippen LogP contribution < -0.4 is 5.43 Å². The molecule has 1 amide bonds. The van der Waals surface area contributed by atoms with E-state index in [-0.39, 0.29) is 5.91 Å². The first-order valence-corrected chi connectivity index (χ1v) is 9.26. The number of rotatable bonds is 9. The molecular weight excluding hydrogens is 396 g/mol. The highest BCUT2D eigenvalue weighted by atomic mass is 79.9. The molecule has 1 aromatic rings. The molecule has 1 rings (SSSR count). The fourth-order valence-corrected chi connectivity index (χ4v) is 2.60. The Kier molecular flexibility index (Phi) is 9.59. The quantitative estimate of drug-likeness (QED) is 0.260.